The molecular weight excluding hydrogens is 457 g/mol. The van der Waals surface area contributed by atoms with Crippen molar-refractivity contribution in [2.24, 2.45) is 5.92 Å². The topological polar surface area (TPSA) is 56.6 Å². The summed E-state index contributed by atoms with van der Waals surface area (Å²) in [7, 11) is 0. The predicted octanol–water partition coefficient (Wildman–Crippen LogP) is 6.23. The molecule has 5 rings (SSSR count). The van der Waals surface area contributed by atoms with Crippen LogP contribution < -0.4 is 4.74 Å². The van der Waals surface area contributed by atoms with Crippen molar-refractivity contribution in [3.8, 4) is 17.3 Å². The molecule has 3 aromatic rings. The van der Waals surface area contributed by atoms with E-state index in [1.54, 1.807) is 16.8 Å². The van der Waals surface area contributed by atoms with E-state index >= 15 is 0 Å². The number of benzene rings is 2. The van der Waals surface area contributed by atoms with Crippen LogP contribution in [0.2, 0.25) is 0 Å². The molecule has 1 amide bonds. The van der Waals surface area contributed by atoms with Gasteiger partial charge in [0, 0.05) is 25.1 Å². The molecule has 2 aromatic carbocycles. The smallest absolute Gasteiger partial charge is 0.227 e. The second-order valence-electron chi connectivity index (χ2n) is 10.1. The molecule has 36 heavy (non-hydrogen) atoms. The lowest BCUT2D eigenvalue weighted by Crippen LogP contribution is -2.42. The lowest BCUT2D eigenvalue weighted by molar-refractivity contribution is -0.140. The van der Waals surface area contributed by atoms with Crippen molar-refractivity contribution in [1.29, 1.82) is 0 Å². The van der Waals surface area contributed by atoms with E-state index in [4.69, 9.17) is 14.6 Å². The van der Waals surface area contributed by atoms with Crippen molar-refractivity contribution in [3.63, 3.8) is 0 Å². The van der Waals surface area contributed by atoms with E-state index in [0.717, 1.165) is 55.7 Å². The lowest BCUT2D eigenvalue weighted by Gasteiger charge is -2.33. The zero-order valence-corrected chi connectivity index (χ0v) is 21.0. The maximum absolute atomic E-state index is 14.0. The highest BCUT2D eigenvalue weighted by Crippen LogP contribution is 2.36. The summed E-state index contributed by atoms with van der Waals surface area (Å²) < 4.78 is 28.1. The number of nitrogens with zero attached hydrogens (tertiary/aromatic N) is 3. The third kappa shape index (κ3) is 5.31. The molecule has 0 unspecified atom stereocenters. The van der Waals surface area contributed by atoms with Crippen LogP contribution in [0.1, 0.15) is 63.1 Å². The van der Waals surface area contributed by atoms with Crippen LogP contribution in [0.25, 0.3) is 5.69 Å². The van der Waals surface area contributed by atoms with Gasteiger partial charge >= 0.3 is 0 Å². The highest BCUT2D eigenvalue weighted by molar-refractivity contribution is 5.79. The molecule has 0 radical (unpaired) electrons. The van der Waals surface area contributed by atoms with Crippen LogP contribution in [0.4, 0.5) is 4.39 Å². The normalized spacial score (nSPS) is 17.8. The maximum atomic E-state index is 14.0. The van der Waals surface area contributed by atoms with Gasteiger partial charge in [0.1, 0.15) is 11.6 Å². The Morgan fingerprint density at radius 1 is 1.14 bits per heavy atom. The Morgan fingerprint density at radius 3 is 2.58 bits per heavy atom. The summed E-state index contributed by atoms with van der Waals surface area (Å²) in [5.41, 5.74) is 2.56. The lowest BCUT2D eigenvalue weighted by atomic mass is 9.84. The first-order valence-electron chi connectivity index (χ1n) is 13.0. The molecule has 7 heteroatoms. The molecule has 2 heterocycles. The van der Waals surface area contributed by atoms with E-state index in [9.17, 15) is 9.18 Å². The van der Waals surface area contributed by atoms with Gasteiger partial charge in [0.05, 0.1) is 29.6 Å². The number of rotatable bonds is 9. The van der Waals surface area contributed by atoms with E-state index in [0.29, 0.717) is 24.7 Å². The van der Waals surface area contributed by atoms with Gasteiger partial charge in [-0.15, -0.1) is 0 Å². The van der Waals surface area contributed by atoms with Gasteiger partial charge in [-0.25, -0.2) is 9.07 Å². The molecule has 190 valence electrons. The SMILES string of the molecule is CC(C)c1nn(-c2ccccc2)c(Oc2cccc(F)c2)c1CN(C[C@@H]1CCCO1)C(=O)C1CCC1. The number of amides is 1. The highest BCUT2D eigenvalue weighted by Gasteiger charge is 2.34. The molecule has 1 saturated heterocycles. The molecule has 6 nitrogen and oxygen atoms in total. The number of carbonyl (C=O) groups excluding carboxylic acids is 1. The van der Waals surface area contributed by atoms with Gasteiger partial charge in [-0.3, -0.25) is 4.79 Å². The van der Waals surface area contributed by atoms with E-state index in [1.165, 1.54) is 12.1 Å². The number of aromatic nitrogens is 2. The fourth-order valence-electron chi connectivity index (χ4n) is 4.93. The van der Waals surface area contributed by atoms with E-state index in [2.05, 4.69) is 13.8 Å². The summed E-state index contributed by atoms with van der Waals surface area (Å²) in [6.07, 6.45) is 5.01. The molecule has 2 aliphatic rings. The van der Waals surface area contributed by atoms with Crippen molar-refractivity contribution in [1.82, 2.24) is 14.7 Å². The summed E-state index contributed by atoms with van der Waals surface area (Å²) >= 11 is 0. The molecule has 0 N–H and O–H groups in total. The monoisotopic (exact) mass is 491 g/mol. The van der Waals surface area contributed by atoms with E-state index in [-0.39, 0.29) is 29.7 Å². The summed E-state index contributed by atoms with van der Waals surface area (Å²) in [6.45, 7) is 5.85. The van der Waals surface area contributed by atoms with Crippen molar-refractivity contribution in [3.05, 3.63) is 71.7 Å². The fourth-order valence-corrected chi connectivity index (χ4v) is 4.93. The molecule has 1 aromatic heterocycles. The Hall–Kier alpha value is -3.19. The minimum Gasteiger partial charge on any atom is -0.438 e. The molecule has 0 spiro atoms. The second kappa shape index (κ2) is 10.8. The Kier molecular flexibility index (Phi) is 7.37. The highest BCUT2D eigenvalue weighted by atomic mass is 19.1. The summed E-state index contributed by atoms with van der Waals surface area (Å²) in [4.78, 5) is 15.5. The molecular formula is C29H34FN3O3. The summed E-state index contributed by atoms with van der Waals surface area (Å²) in [6, 6.07) is 15.9. The van der Waals surface area contributed by atoms with Crippen molar-refractivity contribution in [2.75, 3.05) is 13.2 Å². The summed E-state index contributed by atoms with van der Waals surface area (Å²) in [5, 5.41) is 4.95. The minimum atomic E-state index is -0.371. The van der Waals surface area contributed by atoms with Crippen LogP contribution in [0, 0.1) is 11.7 Å². The zero-order valence-electron chi connectivity index (χ0n) is 21.0. The quantitative estimate of drug-likeness (QED) is 0.356. The van der Waals surface area contributed by atoms with Gasteiger partial charge in [-0.1, -0.05) is 44.5 Å². The van der Waals surface area contributed by atoms with Crippen LogP contribution >= 0.6 is 0 Å². The molecule has 1 aliphatic heterocycles. The van der Waals surface area contributed by atoms with Gasteiger partial charge in [0.25, 0.3) is 0 Å². The second-order valence-corrected chi connectivity index (χ2v) is 10.1. The molecule has 0 bridgehead atoms. The van der Waals surface area contributed by atoms with Crippen molar-refractivity contribution >= 4 is 5.91 Å². The van der Waals surface area contributed by atoms with Gasteiger partial charge in [-0.05, 0) is 55.9 Å². The Bertz CT molecular complexity index is 1180. The standard InChI is InChI=1S/C29H34FN3O3/c1-20(2)27-26(19-32(18-25-15-8-16-35-25)28(34)21-9-6-10-21)29(36-24-14-7-11-22(30)17-24)33(31-27)23-12-4-3-5-13-23/h3-5,7,11-14,17,20-21,25H,6,8-10,15-16,18-19H2,1-2H3/t25-/m0/s1. The van der Waals surface area contributed by atoms with Crippen molar-refractivity contribution in [2.45, 2.75) is 64.5 Å². The van der Waals surface area contributed by atoms with E-state index in [1.807, 2.05) is 35.2 Å². The third-order valence-corrected chi connectivity index (χ3v) is 7.09. The zero-order chi connectivity index (χ0) is 25.1. The summed E-state index contributed by atoms with van der Waals surface area (Å²) in [5.74, 6) is 0.877. The first-order chi connectivity index (χ1) is 17.5. The first-order valence-corrected chi connectivity index (χ1v) is 13.0. The number of hydrogen-bond acceptors (Lipinski definition) is 4. The Balaban J connectivity index is 1.57. The number of carbonyl (C=O) groups is 1. The van der Waals surface area contributed by atoms with Crippen LogP contribution in [-0.4, -0.2) is 39.8 Å². The number of hydrogen-bond donors (Lipinski definition) is 0. The average Bonchev–Trinajstić information content (AvgIpc) is 3.46. The van der Waals surface area contributed by atoms with Gasteiger partial charge in [0.2, 0.25) is 11.8 Å². The van der Waals surface area contributed by atoms with Gasteiger partial charge in [-0.2, -0.15) is 5.10 Å². The fraction of sp³-hybridized carbons (Fsp3) is 0.448. The van der Waals surface area contributed by atoms with Crippen molar-refractivity contribution < 1.29 is 18.7 Å². The number of halogens is 1. The number of para-hydroxylation sites is 1. The molecule has 2 fully saturated rings. The largest absolute Gasteiger partial charge is 0.438 e. The molecule has 1 saturated carbocycles. The number of ether oxygens (including phenoxy) is 2. The van der Waals surface area contributed by atoms with Crippen LogP contribution in [0.5, 0.6) is 11.6 Å². The van der Waals surface area contributed by atoms with Crippen LogP contribution in [-0.2, 0) is 16.1 Å². The third-order valence-electron chi connectivity index (χ3n) is 7.09. The molecule has 1 atom stereocenters. The first kappa shape index (κ1) is 24.5. The maximum Gasteiger partial charge on any atom is 0.227 e. The average molecular weight is 492 g/mol. The minimum absolute atomic E-state index is 0.0493. The van der Waals surface area contributed by atoms with Gasteiger partial charge < -0.3 is 14.4 Å². The Morgan fingerprint density at radius 2 is 1.94 bits per heavy atom. The Labute approximate surface area is 212 Å². The van der Waals surface area contributed by atoms with Gasteiger partial charge in [0.15, 0.2) is 0 Å². The predicted molar refractivity (Wildman–Crippen MR) is 136 cm³/mol. The van der Waals surface area contributed by atoms with E-state index < -0.39 is 0 Å². The van der Waals surface area contributed by atoms with Crippen LogP contribution in [0.3, 0.4) is 0 Å². The van der Waals surface area contributed by atoms with Crippen LogP contribution in [0.15, 0.2) is 54.6 Å². The molecule has 1 aliphatic carbocycles.